The van der Waals surface area contributed by atoms with Crippen molar-refractivity contribution in [3.8, 4) is 0 Å². The maximum atomic E-state index is 12.0. The molecule has 1 aliphatic rings. The zero-order valence-corrected chi connectivity index (χ0v) is 11.7. The van der Waals surface area contributed by atoms with Crippen LogP contribution in [0.3, 0.4) is 0 Å². The number of thioether (sulfide) groups is 1. The average Bonchev–Trinajstić information content (AvgIpc) is 2.38. The molecular weight excluding hydrogens is 246 g/mol. The van der Waals surface area contributed by atoms with E-state index < -0.39 is 0 Å². The number of benzene rings is 1. The molecule has 0 bridgehead atoms. The normalized spacial score (nSPS) is 14.2. The molecule has 1 aromatic rings. The summed E-state index contributed by atoms with van der Waals surface area (Å²) in [7, 11) is 1.83. The van der Waals surface area contributed by atoms with Gasteiger partial charge in [-0.1, -0.05) is 0 Å². The lowest BCUT2D eigenvalue weighted by Crippen LogP contribution is -2.40. The Labute approximate surface area is 112 Å². The average molecular weight is 265 g/mol. The number of nitrogens with zero attached hydrogens (tertiary/aromatic N) is 2. The molecule has 4 nitrogen and oxygen atoms in total. The Balaban J connectivity index is 2.17. The van der Waals surface area contributed by atoms with E-state index >= 15 is 0 Å². The molecule has 1 aromatic carbocycles. The lowest BCUT2D eigenvalue weighted by atomic mass is 10.2. The summed E-state index contributed by atoms with van der Waals surface area (Å²) in [5.74, 6) is 1.16. The number of fused-ring (bicyclic) bond motifs is 1. The predicted octanol–water partition coefficient (Wildman–Crippen LogP) is 1.66. The van der Waals surface area contributed by atoms with Gasteiger partial charge in [-0.25, -0.2) is 0 Å². The maximum absolute atomic E-state index is 12.0. The van der Waals surface area contributed by atoms with Crippen LogP contribution in [0.4, 0.5) is 11.4 Å². The van der Waals surface area contributed by atoms with Crippen molar-refractivity contribution in [1.82, 2.24) is 4.90 Å². The van der Waals surface area contributed by atoms with E-state index in [0.717, 1.165) is 30.2 Å². The van der Waals surface area contributed by atoms with E-state index in [-0.39, 0.29) is 5.91 Å². The van der Waals surface area contributed by atoms with E-state index in [1.807, 2.05) is 43.9 Å². The molecular formula is C13H19N3OS. The fourth-order valence-electron chi connectivity index (χ4n) is 1.91. The lowest BCUT2D eigenvalue weighted by molar-refractivity contribution is -0.128. The summed E-state index contributed by atoms with van der Waals surface area (Å²) in [4.78, 5) is 17.1. The number of carbonyl (C=O) groups excluding carboxylic acids is 1. The van der Waals surface area contributed by atoms with Gasteiger partial charge in [0.05, 0.1) is 12.2 Å². The van der Waals surface area contributed by atoms with Crippen LogP contribution < -0.4 is 10.6 Å². The number of nitrogen functional groups attached to an aromatic ring is 1. The Morgan fingerprint density at radius 2 is 2.33 bits per heavy atom. The summed E-state index contributed by atoms with van der Waals surface area (Å²) in [5, 5.41) is 0. The Morgan fingerprint density at radius 3 is 3.06 bits per heavy atom. The van der Waals surface area contributed by atoms with Crippen LogP contribution in [-0.4, -0.2) is 43.2 Å². The predicted molar refractivity (Wildman–Crippen MR) is 77.1 cm³/mol. The third-order valence-corrected chi connectivity index (χ3v) is 4.21. The topological polar surface area (TPSA) is 49.6 Å². The summed E-state index contributed by atoms with van der Waals surface area (Å²) in [6.45, 7) is 4.05. The Bertz CT molecular complexity index is 450. The maximum Gasteiger partial charge on any atom is 0.241 e. The largest absolute Gasteiger partial charge is 0.399 e. The molecule has 0 fully saturated rings. The standard InChI is InChI=1S/C13H19N3OS/c1-3-15(2)13(17)9-16-6-7-18-12-5-4-10(14)8-11(12)16/h4-5,8H,3,6-7,9,14H2,1-2H3. The fourth-order valence-corrected chi connectivity index (χ4v) is 2.95. The van der Waals surface area contributed by atoms with E-state index in [2.05, 4.69) is 4.90 Å². The van der Waals surface area contributed by atoms with Crippen LogP contribution in [0.5, 0.6) is 0 Å². The van der Waals surface area contributed by atoms with Crippen LogP contribution in [0.15, 0.2) is 23.1 Å². The number of nitrogens with two attached hydrogens (primary N) is 1. The van der Waals surface area contributed by atoms with Crippen molar-refractivity contribution < 1.29 is 4.79 Å². The third-order valence-electron chi connectivity index (χ3n) is 3.17. The molecule has 1 amide bonds. The van der Waals surface area contributed by atoms with Crippen LogP contribution in [0.25, 0.3) is 0 Å². The fraction of sp³-hybridized carbons (Fsp3) is 0.462. The molecule has 0 aliphatic carbocycles. The van der Waals surface area contributed by atoms with Gasteiger partial charge < -0.3 is 15.5 Å². The Kier molecular flexibility index (Phi) is 4.01. The van der Waals surface area contributed by atoms with Crippen molar-refractivity contribution in [2.75, 3.05) is 43.1 Å². The van der Waals surface area contributed by atoms with E-state index in [4.69, 9.17) is 5.73 Å². The monoisotopic (exact) mass is 265 g/mol. The smallest absolute Gasteiger partial charge is 0.241 e. The highest BCUT2D eigenvalue weighted by molar-refractivity contribution is 7.99. The van der Waals surface area contributed by atoms with Gasteiger partial charge in [-0.05, 0) is 25.1 Å². The molecule has 98 valence electrons. The highest BCUT2D eigenvalue weighted by atomic mass is 32.2. The van der Waals surface area contributed by atoms with Crippen molar-refractivity contribution in [2.45, 2.75) is 11.8 Å². The van der Waals surface area contributed by atoms with Crippen molar-refractivity contribution >= 4 is 29.0 Å². The van der Waals surface area contributed by atoms with Gasteiger partial charge in [0.2, 0.25) is 5.91 Å². The van der Waals surface area contributed by atoms with Crippen molar-refractivity contribution in [2.24, 2.45) is 0 Å². The summed E-state index contributed by atoms with van der Waals surface area (Å²) in [6, 6.07) is 5.91. The quantitative estimate of drug-likeness (QED) is 0.845. The minimum atomic E-state index is 0.151. The minimum absolute atomic E-state index is 0.151. The molecule has 0 spiro atoms. The number of amides is 1. The molecule has 5 heteroatoms. The molecule has 0 radical (unpaired) electrons. The molecule has 2 N–H and O–H groups in total. The number of rotatable bonds is 3. The molecule has 1 aliphatic heterocycles. The van der Waals surface area contributed by atoms with Gasteiger partial charge in [0, 0.05) is 36.5 Å². The van der Waals surface area contributed by atoms with Crippen LogP contribution >= 0.6 is 11.8 Å². The first kappa shape index (κ1) is 13.1. The zero-order chi connectivity index (χ0) is 13.1. The first-order valence-corrected chi connectivity index (χ1v) is 7.11. The van der Waals surface area contributed by atoms with E-state index in [0.29, 0.717) is 6.54 Å². The number of anilines is 2. The molecule has 0 aromatic heterocycles. The van der Waals surface area contributed by atoms with Gasteiger partial charge >= 0.3 is 0 Å². The van der Waals surface area contributed by atoms with Crippen molar-refractivity contribution in [3.05, 3.63) is 18.2 Å². The van der Waals surface area contributed by atoms with Crippen LogP contribution in [-0.2, 0) is 4.79 Å². The number of hydrogen-bond acceptors (Lipinski definition) is 4. The zero-order valence-electron chi connectivity index (χ0n) is 10.8. The van der Waals surface area contributed by atoms with Gasteiger partial charge in [-0.3, -0.25) is 4.79 Å². The number of carbonyl (C=O) groups is 1. The lowest BCUT2D eigenvalue weighted by Gasteiger charge is -2.31. The summed E-state index contributed by atoms with van der Waals surface area (Å²) >= 11 is 1.82. The Morgan fingerprint density at radius 1 is 1.56 bits per heavy atom. The summed E-state index contributed by atoms with van der Waals surface area (Å²) in [6.07, 6.45) is 0. The van der Waals surface area contributed by atoms with Crippen LogP contribution in [0, 0.1) is 0 Å². The second-order valence-electron chi connectivity index (χ2n) is 4.41. The first-order valence-electron chi connectivity index (χ1n) is 6.13. The number of likely N-dealkylation sites (N-methyl/N-ethyl adjacent to an activating group) is 1. The second-order valence-corrected chi connectivity index (χ2v) is 5.54. The molecule has 0 atom stereocenters. The molecule has 1 heterocycles. The van der Waals surface area contributed by atoms with Gasteiger partial charge in [0.25, 0.3) is 0 Å². The third kappa shape index (κ3) is 2.72. The van der Waals surface area contributed by atoms with Gasteiger partial charge in [0.1, 0.15) is 0 Å². The highest BCUT2D eigenvalue weighted by Gasteiger charge is 2.20. The van der Waals surface area contributed by atoms with Gasteiger partial charge in [-0.15, -0.1) is 11.8 Å². The van der Waals surface area contributed by atoms with Crippen molar-refractivity contribution in [1.29, 1.82) is 0 Å². The van der Waals surface area contributed by atoms with Crippen LogP contribution in [0.2, 0.25) is 0 Å². The SMILES string of the molecule is CCN(C)C(=O)CN1CCSc2ccc(N)cc21. The molecule has 2 rings (SSSR count). The van der Waals surface area contributed by atoms with E-state index in [1.54, 1.807) is 4.90 Å². The minimum Gasteiger partial charge on any atom is -0.399 e. The van der Waals surface area contributed by atoms with Crippen molar-refractivity contribution in [3.63, 3.8) is 0 Å². The Hall–Kier alpha value is -1.36. The van der Waals surface area contributed by atoms with E-state index in [9.17, 15) is 4.79 Å². The molecule has 0 saturated carbocycles. The molecule has 0 unspecified atom stereocenters. The van der Waals surface area contributed by atoms with Gasteiger partial charge in [0.15, 0.2) is 0 Å². The first-order chi connectivity index (χ1) is 8.61. The van der Waals surface area contributed by atoms with Crippen LogP contribution in [0.1, 0.15) is 6.92 Å². The number of hydrogen-bond donors (Lipinski definition) is 1. The van der Waals surface area contributed by atoms with Gasteiger partial charge in [-0.2, -0.15) is 0 Å². The summed E-state index contributed by atoms with van der Waals surface area (Å²) in [5.41, 5.74) is 7.66. The molecule has 0 saturated heterocycles. The second kappa shape index (κ2) is 5.52. The van der Waals surface area contributed by atoms with E-state index in [1.165, 1.54) is 4.90 Å². The molecule has 18 heavy (non-hydrogen) atoms. The summed E-state index contributed by atoms with van der Waals surface area (Å²) < 4.78 is 0. The highest BCUT2D eigenvalue weighted by Crippen LogP contribution is 2.35.